The molecule has 2 amide bonds. The minimum absolute atomic E-state index is 0.129. The number of rotatable bonds is 11. The molecule has 52 heavy (non-hydrogen) atoms. The highest BCUT2D eigenvalue weighted by atomic mass is 32.2. The van der Waals surface area contributed by atoms with E-state index < -0.39 is 35.0 Å². The average molecular weight is 742 g/mol. The fourth-order valence-electron chi connectivity index (χ4n) is 6.04. The van der Waals surface area contributed by atoms with E-state index in [-0.39, 0.29) is 41.2 Å². The minimum Gasteiger partial charge on any atom is -0.477 e. The van der Waals surface area contributed by atoms with Crippen LogP contribution in [0.15, 0.2) is 100 Å². The number of nitrogens with two attached hydrogens (primary N) is 2. The largest absolute Gasteiger partial charge is 0.477 e. The van der Waals surface area contributed by atoms with Crippen LogP contribution in [0.25, 0.3) is 11.0 Å². The molecular weight excluding hydrogens is 712 g/mol. The number of hydrogen-bond donors (Lipinski definition) is 4. The number of carboxylic acids is 1. The summed E-state index contributed by atoms with van der Waals surface area (Å²) in [5.41, 5.74) is 15.3. The third-order valence-electron chi connectivity index (χ3n) is 8.48. The van der Waals surface area contributed by atoms with Crippen molar-refractivity contribution in [1.29, 1.82) is 0 Å². The molecule has 0 spiro atoms. The maximum absolute atomic E-state index is 15.3. The van der Waals surface area contributed by atoms with E-state index >= 15 is 4.39 Å². The summed E-state index contributed by atoms with van der Waals surface area (Å²) >= 11 is 2.46. The Morgan fingerprint density at radius 3 is 2.73 bits per heavy atom. The summed E-state index contributed by atoms with van der Waals surface area (Å²) in [6.07, 6.45) is 6.84. The van der Waals surface area contributed by atoms with Crippen molar-refractivity contribution in [2.24, 2.45) is 15.9 Å². The minimum atomic E-state index is -1.26. The zero-order valence-electron chi connectivity index (χ0n) is 27.3. The fourth-order valence-corrected chi connectivity index (χ4v) is 7.93. The molecule has 18 heteroatoms. The molecule has 0 unspecified atom stereocenters. The number of benzene rings is 1. The van der Waals surface area contributed by atoms with Crippen molar-refractivity contribution in [1.82, 2.24) is 24.8 Å². The predicted molar refractivity (Wildman–Crippen MR) is 192 cm³/mol. The van der Waals surface area contributed by atoms with Crippen LogP contribution in [0.1, 0.15) is 16.8 Å². The molecule has 4 aromatic heterocycles. The first-order chi connectivity index (χ1) is 25.1. The summed E-state index contributed by atoms with van der Waals surface area (Å²) in [7, 11) is 1.27. The molecule has 0 aliphatic carbocycles. The van der Waals surface area contributed by atoms with Crippen molar-refractivity contribution in [3.63, 3.8) is 0 Å². The Kier molecular flexibility index (Phi) is 9.39. The van der Waals surface area contributed by atoms with Crippen LogP contribution in [0.2, 0.25) is 0 Å². The van der Waals surface area contributed by atoms with E-state index in [2.05, 4.69) is 25.4 Å². The summed E-state index contributed by atoms with van der Waals surface area (Å²) in [6, 6.07) is 12.7. The van der Waals surface area contributed by atoms with Crippen molar-refractivity contribution in [2.45, 2.75) is 24.5 Å². The molecule has 0 saturated carbocycles. The molecule has 264 valence electrons. The van der Waals surface area contributed by atoms with Gasteiger partial charge in [0.25, 0.3) is 11.8 Å². The van der Waals surface area contributed by atoms with Gasteiger partial charge in [0.2, 0.25) is 5.52 Å². The number of carbonyl (C=O) groups excluding carboxylic acids is 2. The van der Waals surface area contributed by atoms with Gasteiger partial charge < -0.3 is 31.3 Å². The molecule has 2 atom stereocenters. The van der Waals surface area contributed by atoms with Crippen molar-refractivity contribution >= 4 is 74.3 Å². The quantitative estimate of drug-likeness (QED) is 0.0511. The average Bonchev–Trinajstić information content (AvgIpc) is 3.76. The Labute approximate surface area is 303 Å². The van der Waals surface area contributed by atoms with Crippen LogP contribution < -0.4 is 21.4 Å². The summed E-state index contributed by atoms with van der Waals surface area (Å²) in [5.74, 6) is -2.51. The van der Waals surface area contributed by atoms with Crippen LogP contribution in [-0.2, 0) is 32.3 Å². The van der Waals surface area contributed by atoms with E-state index in [0.717, 1.165) is 22.4 Å². The second-order valence-electron chi connectivity index (χ2n) is 11.7. The molecule has 6 N–H and O–H groups in total. The number of nitrogens with one attached hydrogen (secondary N) is 1. The molecule has 6 heterocycles. The Morgan fingerprint density at radius 2 is 2.02 bits per heavy atom. The Balaban J connectivity index is 1.08. The van der Waals surface area contributed by atoms with Crippen LogP contribution in [0, 0.1) is 5.82 Å². The second-order valence-corrected chi connectivity index (χ2v) is 13.7. The number of carbonyl (C=O) groups is 3. The highest BCUT2D eigenvalue weighted by Gasteiger charge is 2.55. The predicted octanol–water partition coefficient (Wildman–Crippen LogP) is 2.38. The molecule has 0 radical (unpaired) electrons. The van der Waals surface area contributed by atoms with Crippen molar-refractivity contribution < 1.29 is 33.3 Å². The van der Waals surface area contributed by atoms with Gasteiger partial charge in [0.05, 0.1) is 12.2 Å². The molecule has 2 aliphatic rings. The number of halogens is 1. The molecule has 1 fully saturated rings. The molecule has 1 aromatic carbocycles. The smallest absolute Gasteiger partial charge is 0.352 e. The number of amides is 2. The van der Waals surface area contributed by atoms with E-state index in [9.17, 15) is 19.5 Å². The molecule has 2 aliphatic heterocycles. The number of nitrogen functional groups attached to an aromatic ring is 1. The highest BCUT2D eigenvalue weighted by Crippen LogP contribution is 2.40. The number of thioether (sulfide) groups is 1. The van der Waals surface area contributed by atoms with Gasteiger partial charge in [-0.15, -0.1) is 23.1 Å². The lowest BCUT2D eigenvalue weighted by Crippen LogP contribution is -2.71. The lowest BCUT2D eigenvalue weighted by atomic mass is 10.0. The monoisotopic (exact) mass is 741 g/mol. The molecule has 0 bridgehead atoms. The van der Waals surface area contributed by atoms with Gasteiger partial charge in [0.15, 0.2) is 23.6 Å². The van der Waals surface area contributed by atoms with E-state index in [1.807, 2.05) is 39.7 Å². The number of anilines is 1. The van der Waals surface area contributed by atoms with Crippen LogP contribution in [0.3, 0.4) is 0 Å². The number of β-lactam (4-membered cyclic amide) rings is 1. The molecule has 15 nitrogen and oxygen atoms in total. The lowest BCUT2D eigenvalue weighted by Gasteiger charge is -2.49. The maximum atomic E-state index is 15.3. The number of carboxylic acid groups (broad SMARTS) is 1. The zero-order chi connectivity index (χ0) is 36.5. The number of pyridine rings is 2. The highest BCUT2D eigenvalue weighted by molar-refractivity contribution is 8.00. The van der Waals surface area contributed by atoms with Gasteiger partial charge in [0, 0.05) is 58.6 Å². The van der Waals surface area contributed by atoms with Gasteiger partial charge in [-0.3, -0.25) is 19.5 Å². The number of hydrogen-bond acceptors (Lipinski definition) is 11. The van der Waals surface area contributed by atoms with Crippen LogP contribution in [0.5, 0.6) is 0 Å². The van der Waals surface area contributed by atoms with Gasteiger partial charge in [-0.2, -0.15) is 4.57 Å². The number of aliphatic carboxylic acids is 1. The number of aromatic nitrogens is 4. The molecule has 7 rings (SSSR count). The van der Waals surface area contributed by atoms with E-state index in [1.54, 1.807) is 36.7 Å². The van der Waals surface area contributed by atoms with Gasteiger partial charge in [-0.25, -0.2) is 19.2 Å². The van der Waals surface area contributed by atoms with Crippen molar-refractivity contribution in [3.05, 3.63) is 113 Å². The number of oxime groups is 1. The van der Waals surface area contributed by atoms with Crippen molar-refractivity contribution in [2.75, 3.05) is 18.6 Å². The van der Waals surface area contributed by atoms with Crippen LogP contribution >= 0.6 is 23.1 Å². The van der Waals surface area contributed by atoms with E-state index in [0.29, 0.717) is 28.1 Å². The molecule has 5 aromatic rings. The summed E-state index contributed by atoms with van der Waals surface area (Å²) in [5, 5.41) is 17.8. The third-order valence-corrected chi connectivity index (χ3v) is 10.5. The van der Waals surface area contributed by atoms with Crippen LogP contribution in [0.4, 0.5) is 15.2 Å². The molecule has 1 saturated heterocycles. The maximum Gasteiger partial charge on any atom is 0.352 e. The first kappa shape index (κ1) is 34.3. The van der Waals surface area contributed by atoms with Crippen LogP contribution in [-0.4, -0.2) is 78.2 Å². The van der Waals surface area contributed by atoms with Crippen molar-refractivity contribution in [3.8, 4) is 0 Å². The van der Waals surface area contributed by atoms with Gasteiger partial charge in [-0.1, -0.05) is 17.3 Å². The second kappa shape index (κ2) is 14.2. The van der Waals surface area contributed by atoms with Gasteiger partial charge >= 0.3 is 5.97 Å². The fraction of sp³-hybridized carbons (Fsp3) is 0.176. The molecular formula is C34H30FN10O5S2+. The third kappa shape index (κ3) is 6.56. The first-order valence-electron chi connectivity index (χ1n) is 15.7. The SMILES string of the molecule is CO/N=C(\C(=O)N[C@@H]1C(=O)N2C(C(=O)O)=C(C[n+]3cccc4c3ccn4Cc3ccc(C(N)=Nc4ccncc4)cc3F)CS[C@H]12)c1csc(N)n1. The Bertz CT molecular complexity index is 2320. The number of aliphatic imine (C=N–C) groups is 1. The van der Waals surface area contributed by atoms with E-state index in [1.165, 1.54) is 35.2 Å². The summed E-state index contributed by atoms with van der Waals surface area (Å²) in [6.45, 7) is 0.405. The normalized spacial score (nSPS) is 17.6. The zero-order valence-corrected chi connectivity index (χ0v) is 29.0. The van der Waals surface area contributed by atoms with E-state index in [4.69, 9.17) is 16.3 Å². The van der Waals surface area contributed by atoms with Gasteiger partial charge in [-0.05, 0) is 24.3 Å². The number of fused-ring (bicyclic) bond motifs is 2. The standard InChI is InChI=1S/C34H29FN10O5S2/c1-50-42-26(23-17-52-34(37)40-23)30(46)41-27-31(47)45-28(33(48)49)20(16-51-32(27)45)15-43-11-2-3-24-25(43)8-12-44(24)14-19-5-4-18(13-22(19)35)29(36)39-21-6-9-38-10-7-21/h2-13,17,27,32H,14-16H2,1H3,(H5-,36,37,38,39,40,41,46,48,49)/p+1/b42-26-/t27-,32-/m1/s1. The number of thiazole rings is 1. The summed E-state index contributed by atoms with van der Waals surface area (Å²) < 4.78 is 19.1. The number of amidine groups is 1. The first-order valence-corrected chi connectivity index (χ1v) is 17.6. The Morgan fingerprint density at radius 1 is 1.21 bits per heavy atom. The topological polar surface area (TPSA) is 207 Å². The lowest BCUT2D eigenvalue weighted by molar-refractivity contribution is -0.663. The number of nitrogens with zero attached hydrogens (tertiary/aromatic N) is 7. The summed E-state index contributed by atoms with van der Waals surface area (Å²) in [4.78, 5) is 57.4. The Hall–Kier alpha value is -6.14. The van der Waals surface area contributed by atoms with Gasteiger partial charge in [0.1, 0.15) is 47.1 Å².